The molecular weight excluding hydrogens is 195 g/mol. The number of rotatable bonds is 4. The van der Waals surface area contributed by atoms with Gasteiger partial charge in [-0.2, -0.15) is 0 Å². The summed E-state index contributed by atoms with van der Waals surface area (Å²) in [5.41, 5.74) is -0.0523. The second kappa shape index (κ2) is 5.43. The molecule has 4 heteroatoms. The molecule has 1 rings (SSSR count). The lowest BCUT2D eigenvalue weighted by Gasteiger charge is -2.22. The molecule has 2 radical (unpaired) electrons. The van der Waals surface area contributed by atoms with Crippen molar-refractivity contribution in [1.82, 2.24) is 0 Å². The van der Waals surface area contributed by atoms with E-state index in [4.69, 9.17) is 17.3 Å². The molecule has 4 unspecified atom stereocenters. The van der Waals surface area contributed by atoms with E-state index in [-0.39, 0.29) is 23.6 Å². The minimum absolute atomic E-state index is 0.0523. The van der Waals surface area contributed by atoms with Gasteiger partial charge in [0, 0.05) is 6.00 Å². The molecule has 0 aliphatic carbocycles. The van der Waals surface area contributed by atoms with Crippen molar-refractivity contribution in [2.24, 2.45) is 5.92 Å². The van der Waals surface area contributed by atoms with E-state index in [9.17, 15) is 0 Å². The van der Waals surface area contributed by atoms with Crippen molar-refractivity contribution in [3.05, 3.63) is 0 Å². The van der Waals surface area contributed by atoms with Gasteiger partial charge < -0.3 is 9.47 Å². The lowest BCUT2D eigenvalue weighted by molar-refractivity contribution is -0.0261. The molecule has 0 saturated carbocycles. The number of ether oxygens (including phenoxy) is 2. The molecule has 2 nitrogen and oxygen atoms in total. The predicted molar refractivity (Wildman–Crippen MR) is 61.8 cm³/mol. The molecule has 0 N–H and O–H groups in total. The van der Waals surface area contributed by atoms with E-state index in [0.29, 0.717) is 5.92 Å². The van der Waals surface area contributed by atoms with Crippen molar-refractivity contribution in [3.63, 3.8) is 0 Å². The van der Waals surface area contributed by atoms with Crippen LogP contribution in [0.4, 0.5) is 0 Å². The highest BCUT2D eigenvalue weighted by Gasteiger charge is 2.34. The molecule has 0 aromatic carbocycles. The molecule has 1 fully saturated rings. The molecule has 1 heterocycles. The fourth-order valence-corrected chi connectivity index (χ4v) is 1.97. The Labute approximate surface area is 93.6 Å². The van der Waals surface area contributed by atoms with Crippen LogP contribution in [0.25, 0.3) is 0 Å². The van der Waals surface area contributed by atoms with Gasteiger partial charge in [0.25, 0.3) is 0 Å². The Bertz CT molecular complexity index is 158. The van der Waals surface area contributed by atoms with Gasteiger partial charge in [-0.15, -0.1) is 12.6 Å². The van der Waals surface area contributed by atoms with Crippen LogP contribution in [-0.2, 0) is 9.47 Å². The lowest BCUT2D eigenvalue weighted by Crippen LogP contribution is -2.27. The minimum Gasteiger partial charge on any atom is -0.382 e. The molecular formula is C10H19BO2S. The van der Waals surface area contributed by atoms with E-state index in [1.54, 1.807) is 0 Å². The average Bonchev–Trinajstić information content (AvgIpc) is 2.28. The summed E-state index contributed by atoms with van der Waals surface area (Å²) >= 11 is 4.22. The molecule has 0 amide bonds. The minimum atomic E-state index is -0.171. The van der Waals surface area contributed by atoms with Gasteiger partial charge in [-0.05, 0) is 25.7 Å². The zero-order valence-corrected chi connectivity index (χ0v) is 10.0. The van der Waals surface area contributed by atoms with Crippen molar-refractivity contribution in [2.45, 2.75) is 57.3 Å². The Morgan fingerprint density at radius 3 is 2.64 bits per heavy atom. The third-order valence-electron chi connectivity index (χ3n) is 2.30. The summed E-state index contributed by atoms with van der Waals surface area (Å²) in [4.78, 5) is 0. The molecule has 1 aliphatic heterocycles. The van der Waals surface area contributed by atoms with E-state index in [0.717, 1.165) is 12.8 Å². The third kappa shape index (κ3) is 3.83. The smallest absolute Gasteiger partial charge is 0.109 e. The molecule has 80 valence electrons. The molecule has 14 heavy (non-hydrogen) atoms. The van der Waals surface area contributed by atoms with Gasteiger partial charge in [0.1, 0.15) is 7.85 Å². The molecule has 0 aromatic rings. The first-order chi connectivity index (χ1) is 6.49. The molecule has 0 aromatic heterocycles. The maximum atomic E-state index is 5.74. The highest BCUT2D eigenvalue weighted by Crippen LogP contribution is 2.27. The standard InChI is InChI=1S/C10H19BO2S/c1-6(2)4-8-9(12-7(3)14)5-10(11)13-8/h6-10,14H,4-5H2,1-3H3. The van der Waals surface area contributed by atoms with Crippen LogP contribution in [0.2, 0.25) is 0 Å². The van der Waals surface area contributed by atoms with Crippen LogP contribution in [0.5, 0.6) is 0 Å². The van der Waals surface area contributed by atoms with Crippen LogP contribution in [-0.4, -0.2) is 31.5 Å². The Kier molecular flexibility index (Phi) is 4.81. The van der Waals surface area contributed by atoms with Crippen LogP contribution in [0, 0.1) is 5.92 Å². The number of hydrogen-bond donors (Lipinski definition) is 1. The fourth-order valence-electron chi connectivity index (χ4n) is 1.82. The van der Waals surface area contributed by atoms with Crippen molar-refractivity contribution in [3.8, 4) is 0 Å². The maximum absolute atomic E-state index is 5.74. The molecule has 0 spiro atoms. The lowest BCUT2D eigenvalue weighted by atomic mass is 9.94. The second-order valence-electron chi connectivity index (χ2n) is 4.35. The van der Waals surface area contributed by atoms with Crippen LogP contribution in [0.1, 0.15) is 33.6 Å². The summed E-state index contributed by atoms with van der Waals surface area (Å²) in [6, 6.07) is -0.171. The van der Waals surface area contributed by atoms with Crippen LogP contribution < -0.4 is 0 Å². The zero-order valence-electron chi connectivity index (χ0n) is 9.14. The SMILES string of the molecule is [B]C1CC(OC(C)S)C(CC(C)C)O1. The topological polar surface area (TPSA) is 18.5 Å². The average molecular weight is 214 g/mol. The first-order valence-corrected chi connectivity index (χ1v) is 5.75. The first kappa shape index (κ1) is 12.4. The van der Waals surface area contributed by atoms with Crippen LogP contribution in [0.3, 0.4) is 0 Å². The van der Waals surface area contributed by atoms with Crippen molar-refractivity contribution >= 4 is 20.5 Å². The van der Waals surface area contributed by atoms with Crippen LogP contribution >= 0.6 is 12.6 Å². The second-order valence-corrected chi connectivity index (χ2v) is 5.08. The first-order valence-electron chi connectivity index (χ1n) is 5.23. The summed E-state index contributed by atoms with van der Waals surface area (Å²) in [5, 5.41) is 0. The summed E-state index contributed by atoms with van der Waals surface area (Å²) in [6.07, 6.45) is 2.03. The molecule has 1 aliphatic rings. The van der Waals surface area contributed by atoms with Gasteiger partial charge in [0.05, 0.1) is 17.6 Å². The molecule has 4 atom stereocenters. The Morgan fingerprint density at radius 1 is 1.50 bits per heavy atom. The number of hydrogen-bond acceptors (Lipinski definition) is 3. The van der Waals surface area contributed by atoms with Gasteiger partial charge in [0.15, 0.2) is 0 Å². The largest absolute Gasteiger partial charge is 0.382 e. The fraction of sp³-hybridized carbons (Fsp3) is 1.00. The Morgan fingerprint density at radius 2 is 2.14 bits per heavy atom. The zero-order chi connectivity index (χ0) is 10.7. The van der Waals surface area contributed by atoms with E-state index in [1.807, 2.05) is 6.92 Å². The van der Waals surface area contributed by atoms with E-state index in [2.05, 4.69) is 26.5 Å². The van der Waals surface area contributed by atoms with Gasteiger partial charge in [0.2, 0.25) is 0 Å². The highest BCUT2D eigenvalue weighted by molar-refractivity contribution is 7.80. The van der Waals surface area contributed by atoms with Crippen LogP contribution in [0.15, 0.2) is 0 Å². The quantitative estimate of drug-likeness (QED) is 0.438. The monoisotopic (exact) mass is 214 g/mol. The van der Waals surface area contributed by atoms with Gasteiger partial charge >= 0.3 is 0 Å². The predicted octanol–water partition coefficient (Wildman–Crippen LogP) is 1.98. The summed E-state index contributed by atoms with van der Waals surface area (Å²) in [6.45, 7) is 6.27. The molecule has 1 saturated heterocycles. The van der Waals surface area contributed by atoms with Crippen molar-refractivity contribution in [1.29, 1.82) is 0 Å². The van der Waals surface area contributed by atoms with Gasteiger partial charge in [-0.1, -0.05) is 13.8 Å². The highest BCUT2D eigenvalue weighted by atomic mass is 32.1. The normalized spacial score (nSPS) is 35.1. The number of thiol groups is 1. The van der Waals surface area contributed by atoms with E-state index in [1.165, 1.54) is 0 Å². The Balaban J connectivity index is 2.45. The maximum Gasteiger partial charge on any atom is 0.109 e. The molecule has 0 bridgehead atoms. The van der Waals surface area contributed by atoms with Gasteiger partial charge in [-0.3, -0.25) is 0 Å². The van der Waals surface area contributed by atoms with E-state index >= 15 is 0 Å². The summed E-state index contributed by atoms with van der Waals surface area (Å²) in [5.74, 6) is 0.603. The van der Waals surface area contributed by atoms with Crippen molar-refractivity contribution in [2.75, 3.05) is 0 Å². The summed E-state index contributed by atoms with van der Waals surface area (Å²) < 4.78 is 11.3. The van der Waals surface area contributed by atoms with Gasteiger partial charge in [-0.25, -0.2) is 0 Å². The third-order valence-corrected chi connectivity index (χ3v) is 2.43. The van der Waals surface area contributed by atoms with Crippen molar-refractivity contribution < 1.29 is 9.47 Å². The Hall–Kier alpha value is 0.335. The summed E-state index contributed by atoms with van der Waals surface area (Å²) in [7, 11) is 5.74. The van der Waals surface area contributed by atoms with E-state index < -0.39 is 0 Å².